The van der Waals surface area contributed by atoms with Gasteiger partial charge in [-0.3, -0.25) is 4.79 Å². The molecule has 1 N–H and O–H groups in total. The second-order valence-corrected chi connectivity index (χ2v) is 7.78. The van der Waals surface area contributed by atoms with Crippen LogP contribution in [-0.2, 0) is 16.2 Å². The molecule has 0 spiro atoms. The van der Waals surface area contributed by atoms with Gasteiger partial charge in [-0.05, 0) is 54.6 Å². The lowest BCUT2D eigenvalue weighted by molar-refractivity contribution is -0.120. The smallest absolute Gasteiger partial charge is 0.265 e. The number of methoxy groups -OCH3 is 1. The zero-order valence-corrected chi connectivity index (χ0v) is 19.2. The number of nitrogens with one attached hydrogen (secondary N) is 1. The Morgan fingerprint density at radius 1 is 0.969 bits per heavy atom. The molecule has 6 nitrogen and oxygen atoms in total. The van der Waals surface area contributed by atoms with Gasteiger partial charge in [0.05, 0.1) is 13.3 Å². The fourth-order valence-electron chi connectivity index (χ4n) is 2.60. The van der Waals surface area contributed by atoms with Gasteiger partial charge >= 0.3 is 0 Å². The van der Waals surface area contributed by atoms with Gasteiger partial charge in [0.25, 0.3) is 5.91 Å². The van der Waals surface area contributed by atoms with Crippen molar-refractivity contribution >= 4 is 52.6 Å². The van der Waals surface area contributed by atoms with E-state index in [0.29, 0.717) is 37.8 Å². The number of nitrogens with zero attached hydrogens (tertiary/aromatic N) is 1. The van der Waals surface area contributed by atoms with Gasteiger partial charge < -0.3 is 19.6 Å². The molecule has 32 heavy (non-hydrogen) atoms. The summed E-state index contributed by atoms with van der Waals surface area (Å²) in [5.74, 6) is 0.713. The van der Waals surface area contributed by atoms with E-state index >= 15 is 0 Å². The van der Waals surface area contributed by atoms with Gasteiger partial charge in [0, 0.05) is 31.9 Å². The molecule has 3 rings (SSSR count). The highest BCUT2D eigenvalue weighted by molar-refractivity contribution is 6.35. The minimum Gasteiger partial charge on any atom is -0.493 e. The fraction of sp³-hybridized carbons (Fsp3) is 0.130. The van der Waals surface area contributed by atoms with E-state index in [9.17, 15) is 4.79 Å². The van der Waals surface area contributed by atoms with Crippen molar-refractivity contribution in [2.24, 2.45) is 5.16 Å². The summed E-state index contributed by atoms with van der Waals surface area (Å²) < 4.78 is 11.2. The summed E-state index contributed by atoms with van der Waals surface area (Å²) in [5, 5.41) is 8.17. The summed E-state index contributed by atoms with van der Waals surface area (Å²) >= 11 is 17.9. The molecule has 0 radical (unpaired) electrons. The molecule has 0 unspecified atom stereocenters. The lowest BCUT2D eigenvalue weighted by Gasteiger charge is -2.12. The van der Waals surface area contributed by atoms with E-state index in [1.807, 2.05) is 0 Å². The Hall–Kier alpha value is -2.93. The number of benzene rings is 3. The predicted molar refractivity (Wildman–Crippen MR) is 127 cm³/mol. The maximum absolute atomic E-state index is 11.9. The number of oxime groups is 1. The second kappa shape index (κ2) is 11.6. The zero-order chi connectivity index (χ0) is 22.9. The molecule has 0 bridgehead atoms. The first-order valence-corrected chi connectivity index (χ1v) is 10.5. The summed E-state index contributed by atoms with van der Waals surface area (Å²) in [4.78, 5) is 17.0. The Kier molecular flexibility index (Phi) is 8.62. The van der Waals surface area contributed by atoms with Crippen LogP contribution in [0.15, 0.2) is 65.8 Å². The number of carbonyl (C=O) groups is 1. The van der Waals surface area contributed by atoms with Crippen LogP contribution in [0.3, 0.4) is 0 Å². The summed E-state index contributed by atoms with van der Waals surface area (Å²) in [6.07, 6.45) is 1.47. The average Bonchev–Trinajstić information content (AvgIpc) is 2.78. The molecule has 0 saturated carbocycles. The number of hydrogen-bond acceptors (Lipinski definition) is 5. The summed E-state index contributed by atoms with van der Waals surface area (Å²) in [6, 6.07) is 17.2. The highest BCUT2D eigenvalue weighted by Crippen LogP contribution is 2.29. The third-order valence-corrected chi connectivity index (χ3v) is 5.02. The van der Waals surface area contributed by atoms with E-state index in [1.165, 1.54) is 13.3 Å². The quantitative estimate of drug-likeness (QED) is 0.284. The van der Waals surface area contributed by atoms with Crippen molar-refractivity contribution in [1.82, 2.24) is 0 Å². The van der Waals surface area contributed by atoms with Crippen molar-refractivity contribution in [3.63, 3.8) is 0 Å². The van der Waals surface area contributed by atoms with Crippen molar-refractivity contribution in [3.8, 4) is 11.5 Å². The number of halogens is 3. The van der Waals surface area contributed by atoms with Crippen molar-refractivity contribution in [3.05, 3.63) is 86.9 Å². The van der Waals surface area contributed by atoms with Crippen LogP contribution in [0, 0.1) is 0 Å². The first-order valence-electron chi connectivity index (χ1n) is 9.40. The molecule has 9 heteroatoms. The molecule has 1 amide bonds. The Labute approximate surface area is 200 Å². The molecular formula is C23H19Cl3N2O4. The zero-order valence-electron chi connectivity index (χ0n) is 17.0. The van der Waals surface area contributed by atoms with E-state index in [2.05, 4.69) is 10.5 Å². The molecule has 3 aromatic rings. The second-order valence-electron chi connectivity index (χ2n) is 6.50. The predicted octanol–water partition coefficient (Wildman–Crippen LogP) is 6.22. The normalized spacial score (nSPS) is 10.8. The van der Waals surface area contributed by atoms with Crippen molar-refractivity contribution in [1.29, 1.82) is 0 Å². The van der Waals surface area contributed by atoms with E-state index in [4.69, 9.17) is 49.1 Å². The SMILES string of the molecule is COc1cc(/C=N/OCC(=O)Nc2ccc(Cl)cc2)ccc1OCc1ccc(Cl)cc1Cl. The van der Waals surface area contributed by atoms with Crippen LogP contribution in [-0.4, -0.2) is 25.8 Å². The molecule has 0 aromatic heterocycles. The molecular weight excluding hydrogens is 475 g/mol. The van der Waals surface area contributed by atoms with E-state index in [1.54, 1.807) is 60.7 Å². The van der Waals surface area contributed by atoms with Crippen LogP contribution in [0.4, 0.5) is 5.69 Å². The number of carbonyl (C=O) groups excluding carboxylic acids is 1. The fourth-order valence-corrected chi connectivity index (χ4v) is 3.19. The highest BCUT2D eigenvalue weighted by atomic mass is 35.5. The van der Waals surface area contributed by atoms with E-state index < -0.39 is 0 Å². The molecule has 0 aliphatic rings. The maximum atomic E-state index is 11.9. The number of rotatable bonds is 9. The minimum absolute atomic E-state index is 0.237. The van der Waals surface area contributed by atoms with Crippen LogP contribution in [0.25, 0.3) is 0 Å². The molecule has 3 aromatic carbocycles. The first kappa shape index (κ1) is 23.7. The molecule has 0 heterocycles. The van der Waals surface area contributed by atoms with Crippen molar-refractivity contribution < 1.29 is 19.1 Å². The Morgan fingerprint density at radius 3 is 2.44 bits per heavy atom. The van der Waals surface area contributed by atoms with Gasteiger partial charge in [0.1, 0.15) is 6.61 Å². The van der Waals surface area contributed by atoms with Crippen molar-refractivity contribution in [2.75, 3.05) is 19.0 Å². The summed E-state index contributed by atoms with van der Waals surface area (Å²) in [6.45, 7) is 0.0188. The van der Waals surface area contributed by atoms with Crippen LogP contribution < -0.4 is 14.8 Å². The topological polar surface area (TPSA) is 69.2 Å². The number of anilines is 1. The molecule has 0 fully saturated rings. The summed E-state index contributed by atoms with van der Waals surface area (Å²) in [7, 11) is 1.54. The van der Waals surface area contributed by atoms with Crippen LogP contribution in [0.5, 0.6) is 11.5 Å². The third-order valence-electron chi connectivity index (χ3n) is 4.19. The lowest BCUT2D eigenvalue weighted by Crippen LogP contribution is -2.16. The van der Waals surface area contributed by atoms with Gasteiger partial charge in [-0.25, -0.2) is 0 Å². The Morgan fingerprint density at radius 2 is 1.72 bits per heavy atom. The van der Waals surface area contributed by atoms with E-state index in [-0.39, 0.29) is 19.1 Å². The van der Waals surface area contributed by atoms with Crippen molar-refractivity contribution in [2.45, 2.75) is 6.61 Å². The Balaban J connectivity index is 1.52. The van der Waals surface area contributed by atoms with Crippen LogP contribution in [0.1, 0.15) is 11.1 Å². The largest absolute Gasteiger partial charge is 0.493 e. The van der Waals surface area contributed by atoms with Crippen LogP contribution >= 0.6 is 34.8 Å². The molecule has 0 aliphatic carbocycles. The van der Waals surface area contributed by atoms with Gasteiger partial charge in [-0.2, -0.15) is 0 Å². The van der Waals surface area contributed by atoms with Gasteiger partial charge in [-0.1, -0.05) is 46.0 Å². The highest BCUT2D eigenvalue weighted by Gasteiger charge is 2.08. The Bertz CT molecular complexity index is 1100. The number of amides is 1. The third kappa shape index (κ3) is 7.05. The van der Waals surface area contributed by atoms with Gasteiger partial charge in [0.15, 0.2) is 18.1 Å². The standard InChI is InChI=1S/C23H19Cl3N2O4/c1-30-22-10-15(2-9-21(22)31-13-16-3-4-18(25)11-20(16)26)12-27-32-14-23(29)28-19-7-5-17(24)6-8-19/h2-12H,13-14H2,1H3,(H,28,29)/b27-12+. The van der Waals surface area contributed by atoms with Gasteiger partial charge in [-0.15, -0.1) is 0 Å². The molecule has 0 atom stereocenters. The molecule has 0 aliphatic heterocycles. The first-order chi connectivity index (χ1) is 15.4. The maximum Gasteiger partial charge on any atom is 0.265 e. The number of ether oxygens (including phenoxy) is 2. The average molecular weight is 494 g/mol. The number of hydrogen-bond donors (Lipinski definition) is 1. The minimum atomic E-state index is -0.341. The molecule has 0 saturated heterocycles. The van der Waals surface area contributed by atoms with E-state index in [0.717, 1.165) is 5.56 Å². The van der Waals surface area contributed by atoms with Gasteiger partial charge in [0.2, 0.25) is 0 Å². The lowest BCUT2D eigenvalue weighted by atomic mass is 10.2. The molecule has 166 valence electrons. The summed E-state index contributed by atoms with van der Waals surface area (Å²) in [5.41, 5.74) is 2.12. The monoisotopic (exact) mass is 492 g/mol. The van der Waals surface area contributed by atoms with Crippen LogP contribution in [0.2, 0.25) is 15.1 Å².